The number of nitrogens with one attached hydrogen (secondary N) is 1. The summed E-state index contributed by atoms with van der Waals surface area (Å²) in [6.45, 7) is 5.93. The summed E-state index contributed by atoms with van der Waals surface area (Å²) in [7, 11) is 0. The van der Waals surface area contributed by atoms with E-state index in [9.17, 15) is 4.79 Å². The largest absolute Gasteiger partial charge is 0.574 e. The van der Waals surface area contributed by atoms with Crippen molar-refractivity contribution >= 4 is 17.2 Å². The van der Waals surface area contributed by atoms with Gasteiger partial charge in [0.2, 0.25) is 5.91 Å². The maximum Gasteiger partial charge on any atom is 0.239 e. The number of carbonyl (C=O) groups is 1. The van der Waals surface area contributed by atoms with E-state index in [-0.39, 0.29) is 80.7 Å². The minimum atomic E-state index is -0.216. The predicted octanol–water partition coefficient (Wildman–Crippen LogP) is 1.91. The topological polar surface area (TPSA) is 65.3 Å². The summed E-state index contributed by atoms with van der Waals surface area (Å²) in [6.07, 6.45) is 0.648. The Hall–Kier alpha value is 0.661. The zero-order valence-corrected chi connectivity index (χ0v) is 21.6. The summed E-state index contributed by atoms with van der Waals surface area (Å²) >= 11 is 1.60. The van der Waals surface area contributed by atoms with Gasteiger partial charge in [-0.2, -0.15) is 6.92 Å². The molecule has 115 valence electrons. The Balaban J connectivity index is 0.00000147. The summed E-state index contributed by atoms with van der Waals surface area (Å²) in [5.74, 6) is -0.216. The fourth-order valence-electron chi connectivity index (χ4n) is 2.18. The zero-order valence-electron chi connectivity index (χ0n) is 12.1. The zero-order chi connectivity index (χ0) is 13.4. The molecule has 3 heterocycles. The van der Waals surface area contributed by atoms with Crippen LogP contribution in [0.25, 0.3) is 11.3 Å². The van der Waals surface area contributed by atoms with Gasteiger partial charge in [-0.05, 0) is 18.6 Å². The van der Waals surface area contributed by atoms with E-state index in [2.05, 4.69) is 15.5 Å². The Kier molecular flexibility index (Phi) is 10.1. The first-order valence-electron chi connectivity index (χ1n) is 6.05. The van der Waals surface area contributed by atoms with Gasteiger partial charge in [0.05, 0.1) is 6.61 Å². The normalized spacial score (nSPS) is 11.4. The smallest absolute Gasteiger partial charge is 0.239 e. The second-order valence-corrected chi connectivity index (χ2v) is 5.51. The van der Waals surface area contributed by atoms with E-state index >= 15 is 0 Å². The predicted molar refractivity (Wildman–Crippen MR) is 72.2 cm³/mol. The minimum Gasteiger partial charge on any atom is -0.574 e. The third kappa shape index (κ3) is 4.39. The van der Waals surface area contributed by atoms with Crippen LogP contribution in [0.1, 0.15) is 27.9 Å². The van der Waals surface area contributed by atoms with E-state index < -0.39 is 0 Å². The van der Waals surface area contributed by atoms with Crippen LogP contribution in [-0.2, 0) is 81.3 Å². The number of aromatic nitrogens is 2. The van der Waals surface area contributed by atoms with Crippen LogP contribution in [0.4, 0.5) is 0 Å². The molecule has 1 N–H and O–H groups in total. The molecule has 0 fully saturated rings. The molecule has 0 aliphatic carbocycles. The summed E-state index contributed by atoms with van der Waals surface area (Å²) in [5, 5.41) is 11.7. The number of thiophene rings is 1. The van der Waals surface area contributed by atoms with E-state index in [0.29, 0.717) is 18.7 Å². The van der Waals surface area contributed by atoms with Gasteiger partial charge in [0.15, 0.2) is 5.06 Å². The Morgan fingerprint density at radius 1 is 1.50 bits per heavy atom. The fraction of sp³-hybridized carbons (Fsp3) is 0.308. The first kappa shape index (κ1) is 22.7. The first-order valence-corrected chi connectivity index (χ1v) is 6.87. The number of fused-ring (bicyclic) bond motifs is 3. The quantitative estimate of drug-likeness (QED) is 0.480. The number of ether oxygens (including phenoxy) is 1. The second kappa shape index (κ2) is 9.84. The van der Waals surface area contributed by atoms with E-state index in [0.717, 1.165) is 26.8 Å². The summed E-state index contributed by atoms with van der Waals surface area (Å²) in [4.78, 5) is 13.1. The molecule has 0 atom stereocenters. The minimum absolute atomic E-state index is 0. The monoisotopic (exact) mass is 732 g/mol. The Morgan fingerprint density at radius 3 is 2.91 bits per heavy atom. The van der Waals surface area contributed by atoms with Crippen molar-refractivity contribution in [2.24, 2.45) is 0 Å². The SMILES string of the molecule is C[CH-]NC(=O)c1n[n-]c2c1CCOc1sc(C)cc1-2.[W].[W].[Y]. The molecule has 5 nitrogen and oxygen atoms in total. The maximum absolute atomic E-state index is 11.9. The number of rotatable bonds is 2. The molecule has 0 saturated carbocycles. The van der Waals surface area contributed by atoms with Crippen LogP contribution >= 0.6 is 11.3 Å². The molecule has 9 heteroatoms. The summed E-state index contributed by atoms with van der Waals surface area (Å²) in [5.41, 5.74) is 2.99. The molecule has 22 heavy (non-hydrogen) atoms. The maximum atomic E-state index is 11.9. The molecule has 2 aromatic rings. The van der Waals surface area contributed by atoms with Gasteiger partial charge in [0.25, 0.3) is 0 Å². The fourth-order valence-corrected chi connectivity index (χ4v) is 3.06. The number of hydrogen-bond donors (Lipinski definition) is 1. The average molecular weight is 732 g/mol. The number of carbonyl (C=O) groups excluding carboxylic acids is 1. The van der Waals surface area contributed by atoms with Gasteiger partial charge in [-0.3, -0.25) is 4.79 Å². The third-order valence-electron chi connectivity index (χ3n) is 2.97. The van der Waals surface area contributed by atoms with Crippen LogP contribution in [-0.4, -0.2) is 17.6 Å². The van der Waals surface area contributed by atoms with Crippen LogP contribution < -0.4 is 15.2 Å². The van der Waals surface area contributed by atoms with Crippen LogP contribution in [0.2, 0.25) is 0 Å². The third-order valence-corrected chi connectivity index (χ3v) is 3.94. The van der Waals surface area contributed by atoms with Gasteiger partial charge in [-0.1, -0.05) is 0 Å². The van der Waals surface area contributed by atoms with E-state index in [4.69, 9.17) is 4.74 Å². The molecule has 1 aliphatic heterocycles. The molecule has 0 aromatic carbocycles. The van der Waals surface area contributed by atoms with Crippen molar-refractivity contribution in [2.45, 2.75) is 20.3 Å². The first-order chi connectivity index (χ1) is 9.20. The van der Waals surface area contributed by atoms with Crippen LogP contribution in [0.15, 0.2) is 6.07 Å². The molecule has 1 aliphatic rings. The van der Waals surface area contributed by atoms with Crippen molar-refractivity contribution in [1.29, 1.82) is 0 Å². The van der Waals surface area contributed by atoms with Crippen molar-refractivity contribution in [3.05, 3.63) is 28.7 Å². The van der Waals surface area contributed by atoms with Crippen molar-refractivity contribution in [2.75, 3.05) is 6.61 Å². The van der Waals surface area contributed by atoms with Gasteiger partial charge in [0, 0.05) is 91.7 Å². The number of amides is 1. The van der Waals surface area contributed by atoms with Gasteiger partial charge >= 0.3 is 0 Å². The van der Waals surface area contributed by atoms with Crippen LogP contribution in [0.3, 0.4) is 0 Å². The molecule has 0 spiro atoms. The number of aryl methyl sites for hydroxylation is 1. The van der Waals surface area contributed by atoms with Crippen molar-refractivity contribution in [1.82, 2.24) is 15.5 Å². The number of nitrogens with zero attached hydrogens (tertiary/aromatic N) is 2. The molecular weight excluding hydrogens is 719 g/mol. The van der Waals surface area contributed by atoms with Gasteiger partial charge in [-0.15, -0.1) is 17.0 Å². The Morgan fingerprint density at radius 2 is 2.23 bits per heavy atom. The summed E-state index contributed by atoms with van der Waals surface area (Å²) in [6, 6.07) is 2.03. The molecule has 1 radical (unpaired) electrons. The van der Waals surface area contributed by atoms with E-state index in [1.807, 2.05) is 13.0 Å². The standard InChI is InChI=1S/C13H14N3O2S.2W.Y/c1-3-14-12(17)11-8-4-5-18-13-9(6-7(2)19-13)10(8)15-16-11;;;/h3,6H,4-5H2,1-2H3,(H2,14,15,16,17);;;/q-1;;;/p-1. The Bertz CT molecular complexity index is 645. The van der Waals surface area contributed by atoms with Gasteiger partial charge < -0.3 is 20.3 Å². The molecule has 3 rings (SSSR count). The summed E-state index contributed by atoms with van der Waals surface area (Å²) < 4.78 is 5.72. The molecule has 2 aromatic heterocycles. The van der Waals surface area contributed by atoms with Gasteiger partial charge in [-0.25, -0.2) is 6.54 Å². The second-order valence-electron chi connectivity index (χ2n) is 4.29. The average Bonchev–Trinajstić information content (AvgIpc) is 2.90. The molecule has 1 amide bonds. The molecule has 0 bridgehead atoms. The molecular formula is C13H13N3O2SW2Y-2. The van der Waals surface area contributed by atoms with Crippen LogP contribution in [0, 0.1) is 13.5 Å². The number of hydrogen-bond acceptors (Lipinski definition) is 4. The van der Waals surface area contributed by atoms with Crippen molar-refractivity contribution in [3.63, 3.8) is 0 Å². The Labute approximate surface area is 187 Å². The van der Waals surface area contributed by atoms with E-state index in [1.54, 1.807) is 24.8 Å². The van der Waals surface area contributed by atoms with E-state index in [1.165, 1.54) is 0 Å². The van der Waals surface area contributed by atoms with Gasteiger partial charge in [0.1, 0.15) is 5.69 Å². The van der Waals surface area contributed by atoms with Crippen molar-refractivity contribution < 1.29 is 84.4 Å². The molecule has 0 unspecified atom stereocenters. The van der Waals surface area contributed by atoms with Crippen molar-refractivity contribution in [3.8, 4) is 16.3 Å². The molecule has 0 saturated heterocycles. The van der Waals surface area contributed by atoms with Crippen LogP contribution in [0.5, 0.6) is 5.06 Å².